The zero-order chi connectivity index (χ0) is 19.1. The number of morpholine rings is 1. The van der Waals surface area contributed by atoms with Crippen molar-refractivity contribution in [1.29, 1.82) is 0 Å². The van der Waals surface area contributed by atoms with Gasteiger partial charge >= 0.3 is 0 Å². The minimum Gasteiger partial charge on any atom is -0.484 e. The number of benzene rings is 2. The first kappa shape index (κ1) is 18.8. The van der Waals surface area contributed by atoms with Gasteiger partial charge in [0, 0.05) is 23.4 Å². The molecule has 2 N–H and O–H groups in total. The van der Waals surface area contributed by atoms with Crippen molar-refractivity contribution in [1.82, 2.24) is 0 Å². The topological polar surface area (TPSA) is 95.1 Å². The molecule has 1 aliphatic heterocycles. The second-order valence-corrected chi connectivity index (χ2v) is 6.32. The number of hydrogen-bond donors (Lipinski definition) is 2. The van der Waals surface area contributed by atoms with Gasteiger partial charge in [-0.1, -0.05) is 12.1 Å². The first-order chi connectivity index (χ1) is 13.1. The predicted octanol–water partition coefficient (Wildman–Crippen LogP) is 1.03. The lowest BCUT2D eigenvalue weighted by atomic mass is 10.2. The van der Waals surface area contributed by atoms with Crippen molar-refractivity contribution in [3.63, 3.8) is 0 Å². The zero-order valence-electron chi connectivity index (χ0n) is 14.8. The van der Waals surface area contributed by atoms with Gasteiger partial charge in [-0.15, -0.1) is 0 Å². The van der Waals surface area contributed by atoms with Crippen LogP contribution in [0.25, 0.3) is 0 Å². The van der Waals surface area contributed by atoms with Gasteiger partial charge in [-0.25, -0.2) is 0 Å². The minimum atomic E-state index is -0.485. The van der Waals surface area contributed by atoms with Crippen LogP contribution in [0.3, 0.4) is 0 Å². The first-order valence-electron chi connectivity index (χ1n) is 8.77. The summed E-state index contributed by atoms with van der Waals surface area (Å²) in [7, 11) is 0. The number of hydrogen-bond acceptors (Lipinski definition) is 5. The van der Waals surface area contributed by atoms with E-state index >= 15 is 0 Å². The molecule has 1 fully saturated rings. The summed E-state index contributed by atoms with van der Waals surface area (Å²) in [5.41, 5.74) is 1.89. The van der Waals surface area contributed by atoms with Gasteiger partial charge in [0.25, 0.3) is 11.6 Å². The van der Waals surface area contributed by atoms with E-state index in [1.807, 2.05) is 24.3 Å². The van der Waals surface area contributed by atoms with E-state index in [0.29, 0.717) is 11.4 Å². The summed E-state index contributed by atoms with van der Waals surface area (Å²) in [6, 6.07) is 13.4. The van der Waals surface area contributed by atoms with Gasteiger partial charge in [0.2, 0.25) is 0 Å². The number of anilines is 1. The molecule has 1 amide bonds. The van der Waals surface area contributed by atoms with Crippen LogP contribution in [0.15, 0.2) is 48.5 Å². The van der Waals surface area contributed by atoms with Crippen molar-refractivity contribution in [2.24, 2.45) is 0 Å². The molecule has 1 aliphatic rings. The first-order valence-corrected chi connectivity index (χ1v) is 8.77. The summed E-state index contributed by atoms with van der Waals surface area (Å²) in [4.78, 5) is 23.6. The number of carbonyl (C=O) groups is 1. The maximum atomic E-state index is 12.0. The van der Waals surface area contributed by atoms with Gasteiger partial charge in [-0.2, -0.15) is 0 Å². The van der Waals surface area contributed by atoms with Crippen molar-refractivity contribution in [2.45, 2.75) is 6.54 Å². The molecule has 0 saturated carbocycles. The second-order valence-electron chi connectivity index (χ2n) is 6.32. The number of nitrogens with one attached hydrogen (secondary N) is 2. The molecule has 27 heavy (non-hydrogen) atoms. The monoisotopic (exact) mass is 372 g/mol. The lowest BCUT2D eigenvalue weighted by Gasteiger charge is -2.23. The van der Waals surface area contributed by atoms with E-state index < -0.39 is 4.92 Å². The molecule has 2 aromatic rings. The fraction of sp³-hybridized carbons (Fsp3) is 0.316. The SMILES string of the molecule is O=C(COc1ccc([N+](=O)[O-])cc1)Nc1ccc(C[NH+]2CCOCC2)cc1. The normalized spacial score (nSPS) is 14.5. The third kappa shape index (κ3) is 5.77. The molecule has 0 atom stereocenters. The average molecular weight is 372 g/mol. The Morgan fingerprint density at radius 1 is 1.11 bits per heavy atom. The van der Waals surface area contributed by atoms with E-state index in [1.54, 1.807) is 0 Å². The van der Waals surface area contributed by atoms with Gasteiger partial charge < -0.3 is 19.7 Å². The highest BCUT2D eigenvalue weighted by atomic mass is 16.6. The molecule has 2 aromatic carbocycles. The number of amides is 1. The maximum Gasteiger partial charge on any atom is 0.269 e. The van der Waals surface area contributed by atoms with Gasteiger partial charge in [-0.05, 0) is 24.3 Å². The number of carbonyl (C=O) groups excluding carboxylic acids is 1. The van der Waals surface area contributed by atoms with Crippen molar-refractivity contribution < 1.29 is 24.1 Å². The van der Waals surface area contributed by atoms with E-state index in [-0.39, 0.29) is 18.2 Å². The predicted molar refractivity (Wildman–Crippen MR) is 98.9 cm³/mol. The number of ether oxygens (including phenoxy) is 2. The fourth-order valence-corrected chi connectivity index (χ4v) is 2.84. The second kappa shape index (κ2) is 9.11. The minimum absolute atomic E-state index is 0.0224. The van der Waals surface area contributed by atoms with Gasteiger partial charge in [-0.3, -0.25) is 14.9 Å². The van der Waals surface area contributed by atoms with Crippen LogP contribution in [0.4, 0.5) is 11.4 Å². The van der Waals surface area contributed by atoms with Crippen molar-refractivity contribution >= 4 is 17.3 Å². The highest BCUT2D eigenvalue weighted by Crippen LogP contribution is 2.17. The Morgan fingerprint density at radius 3 is 2.41 bits per heavy atom. The van der Waals surface area contributed by atoms with Crippen molar-refractivity contribution in [2.75, 3.05) is 38.2 Å². The van der Waals surface area contributed by atoms with Crippen molar-refractivity contribution in [3.8, 4) is 5.75 Å². The Labute approximate surface area is 156 Å². The third-order valence-corrected chi connectivity index (χ3v) is 4.31. The summed E-state index contributed by atoms with van der Waals surface area (Å²) in [6.45, 7) is 4.41. The number of quaternary nitrogens is 1. The van der Waals surface area contributed by atoms with Crippen LogP contribution in [-0.2, 0) is 16.1 Å². The van der Waals surface area contributed by atoms with E-state index in [0.717, 1.165) is 32.8 Å². The van der Waals surface area contributed by atoms with Crippen LogP contribution in [-0.4, -0.2) is 43.7 Å². The molecule has 1 saturated heterocycles. The zero-order valence-corrected chi connectivity index (χ0v) is 14.8. The Kier molecular flexibility index (Phi) is 6.35. The summed E-state index contributed by atoms with van der Waals surface area (Å²) < 4.78 is 10.7. The molecule has 1 heterocycles. The summed E-state index contributed by atoms with van der Waals surface area (Å²) in [5, 5.41) is 13.4. The number of rotatable bonds is 7. The van der Waals surface area contributed by atoms with Crippen LogP contribution in [0.2, 0.25) is 0 Å². The van der Waals surface area contributed by atoms with Crippen LogP contribution < -0.4 is 15.0 Å². The quantitative estimate of drug-likeness (QED) is 0.559. The van der Waals surface area contributed by atoms with E-state index in [2.05, 4.69) is 5.32 Å². The number of nitrogens with zero attached hydrogens (tertiary/aromatic N) is 1. The van der Waals surface area contributed by atoms with Crippen LogP contribution in [0, 0.1) is 10.1 Å². The standard InChI is InChI=1S/C19H21N3O5/c23-19(14-27-18-7-5-17(6-8-18)22(24)25)20-16-3-1-15(2-4-16)13-21-9-11-26-12-10-21/h1-8H,9-14H2,(H,20,23)/p+1. The van der Waals surface area contributed by atoms with Crippen molar-refractivity contribution in [3.05, 3.63) is 64.2 Å². The molecule has 3 rings (SSSR count). The van der Waals surface area contributed by atoms with Crippen LogP contribution in [0.5, 0.6) is 5.75 Å². The molecule has 0 bridgehead atoms. The highest BCUT2D eigenvalue weighted by molar-refractivity contribution is 5.91. The maximum absolute atomic E-state index is 12.0. The van der Waals surface area contributed by atoms with E-state index in [9.17, 15) is 14.9 Å². The Balaban J connectivity index is 1.45. The van der Waals surface area contributed by atoms with Crippen LogP contribution in [0.1, 0.15) is 5.56 Å². The summed E-state index contributed by atoms with van der Waals surface area (Å²) in [5.74, 6) is 0.111. The molecular formula is C19H22N3O5+. The largest absolute Gasteiger partial charge is 0.484 e. The average Bonchev–Trinajstić information content (AvgIpc) is 2.69. The molecule has 0 unspecified atom stereocenters. The molecule has 0 spiro atoms. The summed E-state index contributed by atoms with van der Waals surface area (Å²) >= 11 is 0. The lowest BCUT2D eigenvalue weighted by Crippen LogP contribution is -3.12. The van der Waals surface area contributed by atoms with Crippen LogP contribution >= 0.6 is 0 Å². The highest BCUT2D eigenvalue weighted by Gasteiger charge is 2.14. The molecular weight excluding hydrogens is 350 g/mol. The third-order valence-electron chi connectivity index (χ3n) is 4.31. The van der Waals surface area contributed by atoms with E-state index in [4.69, 9.17) is 9.47 Å². The fourth-order valence-electron chi connectivity index (χ4n) is 2.84. The lowest BCUT2D eigenvalue weighted by molar-refractivity contribution is -0.921. The number of non-ortho nitro benzene ring substituents is 1. The Bertz CT molecular complexity index is 771. The van der Waals surface area contributed by atoms with Gasteiger partial charge in [0.1, 0.15) is 25.4 Å². The number of nitro benzene ring substituents is 1. The van der Waals surface area contributed by atoms with Gasteiger partial charge in [0.05, 0.1) is 18.1 Å². The molecule has 8 heteroatoms. The molecule has 0 aromatic heterocycles. The summed E-state index contributed by atoms with van der Waals surface area (Å²) in [6.07, 6.45) is 0. The molecule has 0 aliphatic carbocycles. The van der Waals surface area contributed by atoms with E-state index in [1.165, 1.54) is 34.7 Å². The Hall–Kier alpha value is -2.97. The van der Waals surface area contributed by atoms with Gasteiger partial charge in [0.15, 0.2) is 6.61 Å². The Morgan fingerprint density at radius 2 is 1.78 bits per heavy atom. The number of nitro groups is 1. The molecule has 8 nitrogen and oxygen atoms in total. The molecule has 0 radical (unpaired) electrons. The molecule has 142 valence electrons. The smallest absolute Gasteiger partial charge is 0.269 e.